The molecule has 0 unspecified atom stereocenters. The zero-order valence-electron chi connectivity index (χ0n) is 34.5. The van der Waals surface area contributed by atoms with Crippen molar-refractivity contribution in [2.45, 2.75) is 52.4 Å². The number of hydrogen-bond acceptors (Lipinski definition) is 1. The van der Waals surface area contributed by atoms with Gasteiger partial charge in [-0.25, -0.2) is 0 Å². The molecule has 2 N–H and O–H groups in total. The molecule has 10 rings (SSSR count). The molecule has 2 aliphatic carbocycles. The molecular weight excluding hydrogens is 729 g/mol. The summed E-state index contributed by atoms with van der Waals surface area (Å²) in [6.45, 7) is 4.36. The smallest absolute Gasteiger partial charge is 0.0800 e. The summed E-state index contributed by atoms with van der Waals surface area (Å²) in [4.78, 5) is 0. The lowest BCUT2D eigenvalue weighted by molar-refractivity contribution is 0.966. The Labute approximate surface area is 352 Å². The maximum absolute atomic E-state index is 7.08. The van der Waals surface area contributed by atoms with E-state index in [4.69, 9.17) is 5.73 Å². The molecule has 0 radical (unpaired) electrons. The van der Waals surface area contributed by atoms with E-state index in [-0.39, 0.29) is 0 Å². The largest absolute Gasteiger partial charge is 0.398 e. The van der Waals surface area contributed by atoms with Gasteiger partial charge < -0.3 is 19.4 Å². The summed E-state index contributed by atoms with van der Waals surface area (Å²) in [5.41, 5.74) is 24.7. The van der Waals surface area contributed by atoms with E-state index in [2.05, 4.69) is 210 Å². The third kappa shape index (κ3) is 6.40. The molecule has 0 amide bonds. The van der Waals surface area contributed by atoms with Gasteiger partial charge in [0.15, 0.2) is 0 Å². The summed E-state index contributed by atoms with van der Waals surface area (Å²) in [5.74, 6) is 0. The highest BCUT2D eigenvalue weighted by Gasteiger charge is 2.28. The van der Waals surface area contributed by atoms with Crippen LogP contribution in [0.4, 0.5) is 0 Å². The Balaban J connectivity index is 1.21. The Morgan fingerprint density at radius 2 is 1.45 bits per heavy atom. The van der Waals surface area contributed by atoms with Crippen molar-refractivity contribution in [2.24, 2.45) is 5.73 Å². The number of aryl methyl sites for hydroxylation is 1. The van der Waals surface area contributed by atoms with Crippen LogP contribution >= 0.6 is 0 Å². The van der Waals surface area contributed by atoms with E-state index in [1.54, 1.807) is 0 Å². The van der Waals surface area contributed by atoms with Gasteiger partial charge in [-0.2, -0.15) is 0 Å². The maximum atomic E-state index is 7.08. The van der Waals surface area contributed by atoms with Crippen molar-refractivity contribution < 1.29 is 0 Å². The average Bonchev–Trinajstić information content (AvgIpc) is 3.95. The summed E-state index contributed by atoms with van der Waals surface area (Å²) >= 11 is 0. The normalized spacial score (nSPS) is 15.0. The van der Waals surface area contributed by atoms with Crippen LogP contribution in [0.25, 0.3) is 78.2 Å². The molecule has 0 aliphatic heterocycles. The van der Waals surface area contributed by atoms with Crippen LogP contribution in [0.3, 0.4) is 0 Å². The van der Waals surface area contributed by atoms with Gasteiger partial charge in [-0.3, -0.25) is 0 Å². The first kappa shape index (κ1) is 37.2. The van der Waals surface area contributed by atoms with Gasteiger partial charge in [0.05, 0.1) is 33.3 Å². The number of hydrogen-bond donors (Lipinski definition) is 1. The number of para-hydroxylation sites is 2. The van der Waals surface area contributed by atoms with Crippen LogP contribution in [0.2, 0.25) is 0 Å². The van der Waals surface area contributed by atoms with Gasteiger partial charge in [0.2, 0.25) is 0 Å². The van der Waals surface area contributed by atoms with Crippen molar-refractivity contribution in [1.29, 1.82) is 0 Å². The third-order valence-electron chi connectivity index (χ3n) is 12.2. The summed E-state index contributed by atoms with van der Waals surface area (Å²) in [6, 6.07) is 43.9. The number of nitrogens with zero attached hydrogens (tertiary/aromatic N) is 3. The van der Waals surface area contributed by atoms with E-state index in [1.165, 1.54) is 60.9 Å². The molecule has 0 fully saturated rings. The van der Waals surface area contributed by atoms with Crippen molar-refractivity contribution in [3.8, 4) is 11.4 Å². The summed E-state index contributed by atoms with van der Waals surface area (Å²) < 4.78 is 7.50. The average molecular weight is 779 g/mol. The molecule has 3 heterocycles. The first-order valence-electron chi connectivity index (χ1n) is 21.5. The fraction of sp³-hybridized carbons (Fsp3) is 0.143. The predicted octanol–water partition coefficient (Wildman–Crippen LogP) is 14.5. The quantitative estimate of drug-likeness (QED) is 0.138. The first-order chi connectivity index (χ1) is 29.6. The summed E-state index contributed by atoms with van der Waals surface area (Å²) in [7, 11) is 0. The molecule has 5 aromatic carbocycles. The number of fused-ring (bicyclic) bond motifs is 9. The highest BCUT2D eigenvalue weighted by atomic mass is 15.1. The molecule has 4 nitrogen and oxygen atoms in total. The van der Waals surface area contributed by atoms with Gasteiger partial charge in [-0.1, -0.05) is 128 Å². The van der Waals surface area contributed by atoms with Crippen molar-refractivity contribution in [3.63, 3.8) is 0 Å². The minimum absolute atomic E-state index is 0.736. The molecule has 0 saturated heterocycles. The fourth-order valence-corrected chi connectivity index (χ4v) is 9.47. The fourth-order valence-electron chi connectivity index (χ4n) is 9.47. The minimum Gasteiger partial charge on any atom is -0.398 e. The monoisotopic (exact) mass is 778 g/mol. The molecule has 60 heavy (non-hydrogen) atoms. The zero-order valence-corrected chi connectivity index (χ0v) is 34.5. The van der Waals surface area contributed by atoms with Crippen LogP contribution in [0.15, 0.2) is 182 Å². The molecule has 4 heteroatoms. The highest BCUT2D eigenvalue weighted by molar-refractivity contribution is 6.26. The molecular formula is C56H50N4. The predicted molar refractivity (Wildman–Crippen MR) is 258 cm³/mol. The van der Waals surface area contributed by atoms with E-state index in [9.17, 15) is 0 Å². The topological polar surface area (TPSA) is 40.8 Å². The number of benzene rings is 5. The number of rotatable bonds is 10. The highest BCUT2D eigenvalue weighted by Crippen LogP contribution is 2.46. The van der Waals surface area contributed by atoms with Crippen molar-refractivity contribution in [2.75, 3.05) is 0 Å². The Kier molecular flexibility index (Phi) is 9.90. The summed E-state index contributed by atoms with van der Waals surface area (Å²) in [6.07, 6.45) is 28.9. The van der Waals surface area contributed by atoms with Crippen LogP contribution in [0.1, 0.15) is 68.3 Å². The van der Waals surface area contributed by atoms with Crippen molar-refractivity contribution >= 4 is 66.8 Å². The van der Waals surface area contributed by atoms with Gasteiger partial charge in [-0.15, -0.1) is 0 Å². The van der Waals surface area contributed by atoms with Crippen LogP contribution in [-0.4, -0.2) is 13.7 Å². The van der Waals surface area contributed by atoms with E-state index in [1.807, 2.05) is 0 Å². The Bertz CT molecular complexity index is 3150. The second-order valence-electron chi connectivity index (χ2n) is 15.9. The minimum atomic E-state index is 0.736. The molecule has 0 bridgehead atoms. The molecule has 0 saturated carbocycles. The first-order valence-corrected chi connectivity index (χ1v) is 21.5. The number of allylic oxidation sites excluding steroid dienone is 12. The molecule has 3 aromatic heterocycles. The molecule has 0 spiro atoms. The van der Waals surface area contributed by atoms with Gasteiger partial charge in [0.25, 0.3) is 0 Å². The Morgan fingerprint density at radius 3 is 2.25 bits per heavy atom. The van der Waals surface area contributed by atoms with Crippen molar-refractivity contribution in [3.05, 3.63) is 204 Å². The molecule has 2 aliphatic rings. The molecule has 294 valence electrons. The van der Waals surface area contributed by atoms with E-state index >= 15 is 0 Å². The maximum Gasteiger partial charge on any atom is 0.0800 e. The van der Waals surface area contributed by atoms with E-state index in [0.717, 1.165) is 77.6 Å². The van der Waals surface area contributed by atoms with Crippen molar-refractivity contribution in [1.82, 2.24) is 13.7 Å². The lowest BCUT2D eigenvalue weighted by atomic mass is 9.98. The SMILES string of the molecule is C/C=C(\C=C/CC)n1c2c(c3c1c1ccc4c(c5ccccc5n4-c4cccc(/C(N)=C/C(=C\CC5=CCCC=C5)c5ccccc5)c4)c1n3-c1ccccc1)CCC=C2. The molecule has 8 aromatic rings. The third-order valence-corrected chi connectivity index (χ3v) is 12.2. The zero-order chi connectivity index (χ0) is 40.6. The van der Waals surface area contributed by atoms with E-state index in [0.29, 0.717) is 0 Å². The van der Waals surface area contributed by atoms with E-state index < -0.39 is 0 Å². The number of nitrogens with two attached hydrogens (primary N) is 1. The Morgan fingerprint density at radius 1 is 0.683 bits per heavy atom. The standard InChI is InChI=1S/C56H50N4/c1-3-5-25-43(4-2)59-51-32-18-16-30-47(51)55-56(59)48-35-36-52-53(54(48)60(55)44-26-13-8-14-27-44)46-29-15-17-31-50(46)58(52)45-28-19-24-42(37-45)49(57)38-41(40-22-11-7-12-23-40)34-33-39-20-9-6-10-21-39/h4-5,7-9,11-15,17-29,31-32,34-38H,3,6,10,16,30,33,57H2,1-2H3/b25-5-,41-34+,43-4+,49-38-. The van der Waals surface area contributed by atoms with Crippen LogP contribution in [0, 0.1) is 0 Å². The van der Waals surface area contributed by atoms with Crippen LogP contribution < -0.4 is 5.73 Å². The lowest BCUT2D eigenvalue weighted by Gasteiger charge is -2.15. The van der Waals surface area contributed by atoms with Gasteiger partial charge in [0, 0.05) is 44.5 Å². The van der Waals surface area contributed by atoms with Gasteiger partial charge in [-0.05, 0) is 128 Å². The Hall–Kier alpha value is -7.04. The van der Waals surface area contributed by atoms with Gasteiger partial charge in [0.1, 0.15) is 0 Å². The van der Waals surface area contributed by atoms with Crippen LogP contribution in [0.5, 0.6) is 0 Å². The number of aromatic nitrogens is 3. The molecule has 0 atom stereocenters. The second-order valence-corrected chi connectivity index (χ2v) is 15.9. The van der Waals surface area contributed by atoms with Gasteiger partial charge >= 0.3 is 0 Å². The summed E-state index contributed by atoms with van der Waals surface area (Å²) in [5, 5.41) is 3.72. The second kappa shape index (κ2) is 16.0. The lowest BCUT2D eigenvalue weighted by Crippen LogP contribution is -2.02. The van der Waals surface area contributed by atoms with Crippen LogP contribution in [-0.2, 0) is 6.42 Å².